The number of hydrogen-bond acceptors (Lipinski definition) is 3. The molecule has 104 valence electrons. The summed E-state index contributed by atoms with van der Waals surface area (Å²) in [4.78, 5) is 22.5. The topological polar surface area (TPSA) is 86.6 Å². The molecule has 2 atom stereocenters. The second kappa shape index (κ2) is 6.89. The second-order valence-corrected chi connectivity index (χ2v) is 4.55. The van der Waals surface area contributed by atoms with E-state index in [1.807, 2.05) is 31.2 Å². The third-order valence-corrected chi connectivity index (χ3v) is 2.95. The lowest BCUT2D eigenvalue weighted by atomic mass is 10.0. The third kappa shape index (κ3) is 4.71. The van der Waals surface area contributed by atoms with Crippen molar-refractivity contribution in [3.63, 3.8) is 0 Å². The molecule has 5 nitrogen and oxygen atoms in total. The van der Waals surface area contributed by atoms with Crippen LogP contribution in [0.15, 0.2) is 24.3 Å². The number of aliphatic carboxylic acids is 1. The molecule has 0 radical (unpaired) electrons. The molecule has 19 heavy (non-hydrogen) atoms. The Bertz CT molecular complexity index is 457. The maximum atomic E-state index is 11.7. The number of hydrogen-bond donors (Lipinski definition) is 3. The maximum absolute atomic E-state index is 11.7. The molecule has 0 fully saturated rings. The van der Waals surface area contributed by atoms with Crippen LogP contribution < -0.4 is 5.32 Å². The van der Waals surface area contributed by atoms with Crippen LogP contribution in [-0.2, 0) is 16.0 Å². The monoisotopic (exact) mass is 265 g/mol. The van der Waals surface area contributed by atoms with Crippen LogP contribution in [0.25, 0.3) is 0 Å². The Morgan fingerprint density at radius 2 is 1.95 bits per heavy atom. The van der Waals surface area contributed by atoms with E-state index in [0.29, 0.717) is 6.42 Å². The van der Waals surface area contributed by atoms with Crippen molar-refractivity contribution in [1.29, 1.82) is 0 Å². The molecule has 0 aliphatic carbocycles. The van der Waals surface area contributed by atoms with Gasteiger partial charge in [0.25, 0.3) is 0 Å². The van der Waals surface area contributed by atoms with Gasteiger partial charge in [0.1, 0.15) is 0 Å². The Morgan fingerprint density at radius 1 is 1.32 bits per heavy atom. The summed E-state index contributed by atoms with van der Waals surface area (Å²) in [6.45, 7) is 3.30. The van der Waals surface area contributed by atoms with Crippen LogP contribution in [0.5, 0.6) is 0 Å². The Kier molecular flexibility index (Phi) is 5.51. The molecular formula is C14H19NO4. The highest BCUT2D eigenvalue weighted by Crippen LogP contribution is 2.09. The predicted molar refractivity (Wildman–Crippen MR) is 70.7 cm³/mol. The summed E-state index contributed by atoms with van der Waals surface area (Å²) in [5, 5.41) is 20.4. The molecule has 0 aliphatic rings. The van der Waals surface area contributed by atoms with E-state index in [2.05, 4.69) is 5.32 Å². The SMILES string of the molecule is Cc1ccccc1CCC(=O)N[C@H](C(=O)O)[C@@H](C)O. The Morgan fingerprint density at radius 3 is 2.47 bits per heavy atom. The zero-order chi connectivity index (χ0) is 14.4. The van der Waals surface area contributed by atoms with E-state index < -0.39 is 18.1 Å². The van der Waals surface area contributed by atoms with Crippen LogP contribution >= 0.6 is 0 Å². The van der Waals surface area contributed by atoms with Gasteiger partial charge in [-0.1, -0.05) is 24.3 Å². The standard InChI is InChI=1S/C14H19NO4/c1-9-5-3-4-6-11(9)7-8-12(17)15-13(10(2)16)14(18)19/h3-6,10,13,16H,7-8H2,1-2H3,(H,15,17)(H,18,19)/t10-,13+/m1/s1. The molecular weight excluding hydrogens is 246 g/mol. The molecule has 0 unspecified atom stereocenters. The maximum Gasteiger partial charge on any atom is 0.328 e. The van der Waals surface area contributed by atoms with Crippen molar-refractivity contribution in [2.75, 3.05) is 0 Å². The molecule has 0 aliphatic heterocycles. The van der Waals surface area contributed by atoms with Crippen LogP contribution in [0.4, 0.5) is 0 Å². The first-order chi connectivity index (χ1) is 8.91. The minimum atomic E-state index is -1.26. The normalized spacial score (nSPS) is 13.6. The molecule has 0 heterocycles. The molecule has 1 rings (SSSR count). The number of benzene rings is 1. The number of aryl methyl sites for hydroxylation is 2. The van der Waals surface area contributed by atoms with E-state index in [0.717, 1.165) is 11.1 Å². The lowest BCUT2D eigenvalue weighted by Crippen LogP contribution is -2.47. The minimum absolute atomic E-state index is 0.196. The van der Waals surface area contributed by atoms with E-state index in [9.17, 15) is 14.7 Å². The molecule has 0 aromatic heterocycles. The summed E-state index contributed by atoms with van der Waals surface area (Å²) < 4.78 is 0. The van der Waals surface area contributed by atoms with Gasteiger partial charge in [-0.2, -0.15) is 0 Å². The Balaban J connectivity index is 2.52. The van der Waals surface area contributed by atoms with E-state index in [1.54, 1.807) is 0 Å². The van der Waals surface area contributed by atoms with Gasteiger partial charge in [0.15, 0.2) is 6.04 Å². The lowest BCUT2D eigenvalue weighted by Gasteiger charge is -2.17. The van der Waals surface area contributed by atoms with Crippen LogP contribution in [0.1, 0.15) is 24.5 Å². The van der Waals surface area contributed by atoms with Crippen molar-refractivity contribution in [3.05, 3.63) is 35.4 Å². The highest BCUT2D eigenvalue weighted by molar-refractivity contribution is 5.84. The zero-order valence-electron chi connectivity index (χ0n) is 11.1. The largest absolute Gasteiger partial charge is 0.480 e. The van der Waals surface area contributed by atoms with Gasteiger partial charge in [0, 0.05) is 6.42 Å². The molecule has 5 heteroatoms. The number of aliphatic hydroxyl groups is 1. The number of carboxylic acids is 1. The third-order valence-electron chi connectivity index (χ3n) is 2.95. The quantitative estimate of drug-likeness (QED) is 0.712. The van der Waals surface area contributed by atoms with E-state index in [-0.39, 0.29) is 12.3 Å². The highest BCUT2D eigenvalue weighted by Gasteiger charge is 2.24. The van der Waals surface area contributed by atoms with Gasteiger partial charge >= 0.3 is 5.97 Å². The fraction of sp³-hybridized carbons (Fsp3) is 0.429. The summed E-state index contributed by atoms with van der Waals surface area (Å²) >= 11 is 0. The lowest BCUT2D eigenvalue weighted by molar-refractivity contribution is -0.144. The molecule has 1 aromatic rings. The summed E-state index contributed by atoms with van der Waals surface area (Å²) in [5.74, 6) is -1.62. The van der Waals surface area contributed by atoms with Crippen molar-refractivity contribution in [2.24, 2.45) is 0 Å². The van der Waals surface area contributed by atoms with E-state index in [1.165, 1.54) is 6.92 Å². The number of aliphatic hydroxyl groups excluding tert-OH is 1. The first kappa shape index (κ1) is 15.2. The highest BCUT2D eigenvalue weighted by atomic mass is 16.4. The molecule has 3 N–H and O–H groups in total. The average molecular weight is 265 g/mol. The van der Waals surface area contributed by atoms with Gasteiger partial charge in [-0.05, 0) is 31.4 Å². The van der Waals surface area contributed by atoms with Crippen molar-refractivity contribution in [3.8, 4) is 0 Å². The fourth-order valence-electron chi connectivity index (χ4n) is 1.77. The number of carbonyl (C=O) groups excluding carboxylic acids is 1. The van der Waals surface area contributed by atoms with E-state index in [4.69, 9.17) is 5.11 Å². The fourth-order valence-corrected chi connectivity index (χ4v) is 1.77. The summed E-state index contributed by atoms with van der Waals surface area (Å²) in [6, 6.07) is 6.46. The van der Waals surface area contributed by atoms with E-state index >= 15 is 0 Å². The van der Waals surface area contributed by atoms with Crippen LogP contribution in [-0.4, -0.2) is 34.2 Å². The van der Waals surface area contributed by atoms with Crippen LogP contribution in [0.2, 0.25) is 0 Å². The molecule has 0 saturated carbocycles. The summed E-state index contributed by atoms with van der Waals surface area (Å²) in [7, 11) is 0. The van der Waals surface area contributed by atoms with Crippen molar-refractivity contribution in [1.82, 2.24) is 5.32 Å². The second-order valence-electron chi connectivity index (χ2n) is 4.55. The minimum Gasteiger partial charge on any atom is -0.480 e. The zero-order valence-corrected chi connectivity index (χ0v) is 11.1. The van der Waals surface area contributed by atoms with Gasteiger partial charge in [-0.15, -0.1) is 0 Å². The van der Waals surface area contributed by atoms with Gasteiger partial charge in [-0.3, -0.25) is 4.79 Å². The predicted octanol–water partition coefficient (Wildman–Crippen LogP) is 0.878. The first-order valence-corrected chi connectivity index (χ1v) is 6.16. The van der Waals surface area contributed by atoms with Crippen molar-refractivity contribution in [2.45, 2.75) is 38.8 Å². The first-order valence-electron chi connectivity index (χ1n) is 6.16. The summed E-state index contributed by atoms with van der Waals surface area (Å²) in [5.41, 5.74) is 2.15. The molecule has 0 saturated heterocycles. The van der Waals surface area contributed by atoms with Gasteiger partial charge in [0.05, 0.1) is 6.10 Å². The number of amides is 1. The number of carboxylic acid groups (broad SMARTS) is 1. The molecule has 0 bridgehead atoms. The number of rotatable bonds is 6. The van der Waals surface area contributed by atoms with Gasteiger partial charge in [0.2, 0.25) is 5.91 Å². The number of carbonyl (C=O) groups is 2. The average Bonchev–Trinajstić information content (AvgIpc) is 2.34. The van der Waals surface area contributed by atoms with Crippen molar-refractivity contribution < 1.29 is 19.8 Å². The molecule has 1 amide bonds. The van der Waals surface area contributed by atoms with Gasteiger partial charge in [-0.25, -0.2) is 4.79 Å². The summed E-state index contributed by atoms with van der Waals surface area (Å²) in [6.07, 6.45) is -0.383. The smallest absolute Gasteiger partial charge is 0.328 e. The van der Waals surface area contributed by atoms with Gasteiger partial charge < -0.3 is 15.5 Å². The van der Waals surface area contributed by atoms with Crippen molar-refractivity contribution >= 4 is 11.9 Å². The number of nitrogens with one attached hydrogen (secondary N) is 1. The Labute approximate surface area is 112 Å². The Hall–Kier alpha value is -1.88. The van der Waals surface area contributed by atoms with Crippen LogP contribution in [0.3, 0.4) is 0 Å². The molecule has 0 spiro atoms. The molecule has 1 aromatic carbocycles. The van der Waals surface area contributed by atoms with Crippen LogP contribution in [0, 0.1) is 6.92 Å².